The number of unbranched alkanes of at least 4 members (excludes halogenated alkanes) is 4. The minimum Gasteiger partial charge on any atom is -0.424 e. The zero-order valence-electron chi connectivity index (χ0n) is 51.3. The lowest BCUT2D eigenvalue weighted by atomic mass is 9.73. The second-order valence-electron chi connectivity index (χ2n) is 21.6. The zero-order chi connectivity index (χ0) is 61.9. The molecule has 0 unspecified atom stereocenters. The van der Waals surface area contributed by atoms with Crippen LogP contribution in [0.15, 0.2) is 71.4 Å². The highest BCUT2D eigenvalue weighted by molar-refractivity contribution is 5.80. The summed E-state index contributed by atoms with van der Waals surface area (Å²) < 4.78 is 67.6. The number of carbonyl (C=O) groups is 4. The van der Waals surface area contributed by atoms with Crippen molar-refractivity contribution in [2.45, 2.75) is 136 Å². The summed E-state index contributed by atoms with van der Waals surface area (Å²) in [5.41, 5.74) is 6.44. The molecule has 2 aromatic rings. The average molecular weight is 1200 g/mol. The molecule has 20 nitrogen and oxygen atoms in total. The summed E-state index contributed by atoms with van der Waals surface area (Å²) in [5.74, 6) is -4.00. The lowest BCUT2D eigenvalue weighted by Crippen LogP contribution is -2.31. The van der Waals surface area contributed by atoms with Gasteiger partial charge in [0.2, 0.25) is 0 Å². The van der Waals surface area contributed by atoms with Crippen LogP contribution in [0.5, 0.6) is 23.0 Å². The maximum Gasteiger partial charge on any atom is 0.342 e. The maximum absolute atomic E-state index is 13.7. The topological polar surface area (TPSA) is 260 Å². The Hall–Kier alpha value is -5.20. The molecule has 4 rings (SSSR count). The van der Waals surface area contributed by atoms with Crippen LogP contribution < -0.4 is 18.9 Å². The molecule has 0 fully saturated rings. The van der Waals surface area contributed by atoms with E-state index in [1.807, 2.05) is 32.1 Å². The van der Waals surface area contributed by atoms with Gasteiger partial charge in [-0.1, -0.05) is 66.9 Å². The van der Waals surface area contributed by atoms with Crippen LogP contribution in [-0.4, -0.2) is 176 Å². The monoisotopic (exact) mass is 1200 g/mol. The van der Waals surface area contributed by atoms with Crippen LogP contribution in [-0.2, 0) is 69.9 Å². The van der Waals surface area contributed by atoms with E-state index in [-0.39, 0.29) is 80.4 Å². The predicted octanol–water partition coefficient (Wildman–Crippen LogP) is 7.95. The molecule has 0 radical (unpaired) electrons. The Kier molecular flexibility index (Phi) is 34.9. The highest BCUT2D eigenvalue weighted by Gasteiger charge is 2.36. The van der Waals surface area contributed by atoms with Crippen molar-refractivity contribution in [3.05, 3.63) is 93.6 Å². The Balaban J connectivity index is 1.64. The number of allylic oxidation sites excluding steroid dienone is 7. The number of benzene rings is 2. The summed E-state index contributed by atoms with van der Waals surface area (Å²) in [6, 6.07) is 7.08. The van der Waals surface area contributed by atoms with E-state index in [0.717, 1.165) is 66.4 Å². The van der Waals surface area contributed by atoms with Crippen LogP contribution in [0.1, 0.15) is 133 Å². The molecule has 6 atom stereocenters. The quantitative estimate of drug-likeness (QED) is 0.0212. The van der Waals surface area contributed by atoms with Gasteiger partial charge in [0.05, 0.1) is 92.5 Å². The third-order valence-corrected chi connectivity index (χ3v) is 14.7. The van der Waals surface area contributed by atoms with Crippen molar-refractivity contribution >= 4 is 23.9 Å². The highest BCUT2D eigenvalue weighted by atomic mass is 16.6. The molecule has 0 saturated heterocycles. The second-order valence-corrected chi connectivity index (χ2v) is 21.6. The van der Waals surface area contributed by atoms with Gasteiger partial charge < -0.3 is 77.3 Å². The minimum absolute atomic E-state index is 0.0207. The zero-order valence-corrected chi connectivity index (χ0v) is 51.3. The van der Waals surface area contributed by atoms with E-state index in [2.05, 4.69) is 39.5 Å². The van der Waals surface area contributed by atoms with E-state index < -0.39 is 55.2 Å². The number of carbonyl (C=O) groups excluding carboxylic acids is 4. The largest absolute Gasteiger partial charge is 0.424 e. The minimum atomic E-state index is -1.84. The normalized spacial score (nSPS) is 17.8. The predicted molar refractivity (Wildman–Crippen MR) is 318 cm³/mol. The van der Waals surface area contributed by atoms with Gasteiger partial charge in [-0.05, 0) is 139 Å². The number of methoxy groups -OCH3 is 2. The highest BCUT2D eigenvalue weighted by Crippen LogP contribution is 2.50. The summed E-state index contributed by atoms with van der Waals surface area (Å²) in [7, 11) is 3.21. The van der Waals surface area contributed by atoms with Crippen molar-refractivity contribution in [2.75, 3.05) is 120 Å². The van der Waals surface area contributed by atoms with Gasteiger partial charge in [0, 0.05) is 37.2 Å². The first kappa shape index (κ1) is 72.3. The van der Waals surface area contributed by atoms with Crippen LogP contribution in [0.4, 0.5) is 0 Å². The number of esters is 4. The van der Waals surface area contributed by atoms with Crippen molar-refractivity contribution < 1.29 is 96.4 Å². The molecule has 4 N–H and O–H groups in total. The third kappa shape index (κ3) is 26.0. The van der Waals surface area contributed by atoms with Crippen molar-refractivity contribution in [2.24, 2.45) is 11.8 Å². The van der Waals surface area contributed by atoms with Crippen LogP contribution in [0.3, 0.4) is 0 Å². The first-order chi connectivity index (χ1) is 41.0. The number of aryl methyl sites for hydroxylation is 2. The fourth-order valence-electron chi connectivity index (χ4n) is 10.2. The van der Waals surface area contributed by atoms with Gasteiger partial charge in [-0.2, -0.15) is 0 Å². The molecule has 2 aliphatic rings. The number of rotatable bonds is 43. The fraction of sp³-hybridized carbons (Fsp3) is 0.631. The van der Waals surface area contributed by atoms with Crippen molar-refractivity contribution in [3.8, 4) is 23.0 Å². The smallest absolute Gasteiger partial charge is 0.342 e. The lowest BCUT2D eigenvalue weighted by molar-refractivity contribution is -0.145. The van der Waals surface area contributed by atoms with Crippen molar-refractivity contribution in [3.63, 3.8) is 0 Å². The summed E-state index contributed by atoms with van der Waals surface area (Å²) in [6.45, 7) is 16.0. The van der Waals surface area contributed by atoms with E-state index in [1.54, 1.807) is 26.4 Å². The van der Waals surface area contributed by atoms with E-state index in [0.29, 0.717) is 108 Å². The molecule has 0 aromatic heterocycles. The van der Waals surface area contributed by atoms with Gasteiger partial charge in [-0.25, -0.2) is 19.2 Å². The van der Waals surface area contributed by atoms with Crippen LogP contribution >= 0.6 is 0 Å². The molecule has 0 spiro atoms. The van der Waals surface area contributed by atoms with Gasteiger partial charge in [0.1, 0.15) is 36.2 Å². The summed E-state index contributed by atoms with van der Waals surface area (Å²) >= 11 is 0. The number of aliphatic hydroxyl groups is 4. The molecule has 2 aliphatic carbocycles. The third-order valence-electron chi connectivity index (χ3n) is 14.7. The molecule has 0 aliphatic heterocycles. The molecule has 476 valence electrons. The Bertz CT molecular complexity index is 2360. The Morgan fingerprint density at radius 3 is 1.33 bits per heavy atom. The Labute approximate surface area is 502 Å². The second kappa shape index (κ2) is 41.0. The standard InChI is InChI=1S/C65H96O20/c1-9-10-12-16-48-36-56(82-60(70)42-80-32-30-78-28-26-76-24-22-74-7)63(57(37-48)83-61(71)43-81-33-31-79-29-27-77-25-23-75-8)53-35-46(5)19-21-51(53)47(6)15-13-11-14-17-49-38-58(84-64(72)54(68)40-66)62(59(39-49)85-65(73)55(69)41-67)52-34-45(4)18-20-50(52)44(2)3/h15,34-39,50-55,66-69H,2,9-14,16-33,40-43H2,1,3-8H3/b47-15-/t50-,51-,52+,53+,54-,55-/m0/s1. The molecular formula is C65H96O20. The molecular weight excluding hydrogens is 1100 g/mol. The molecule has 2 aromatic carbocycles. The lowest BCUT2D eigenvalue weighted by Gasteiger charge is -2.33. The van der Waals surface area contributed by atoms with Crippen molar-refractivity contribution in [1.29, 1.82) is 0 Å². The molecule has 0 saturated carbocycles. The first-order valence-corrected chi connectivity index (χ1v) is 29.9. The van der Waals surface area contributed by atoms with E-state index in [1.165, 1.54) is 0 Å². The van der Waals surface area contributed by atoms with Crippen LogP contribution in [0.2, 0.25) is 0 Å². The number of aliphatic hydroxyl groups excluding tert-OH is 4. The van der Waals surface area contributed by atoms with E-state index >= 15 is 0 Å². The van der Waals surface area contributed by atoms with E-state index in [4.69, 9.17) is 56.8 Å². The molecule has 0 bridgehead atoms. The average Bonchev–Trinajstić information content (AvgIpc) is 3.65. The number of hydrogen-bond donors (Lipinski definition) is 4. The van der Waals surface area contributed by atoms with Gasteiger partial charge in [-0.3, -0.25) is 0 Å². The summed E-state index contributed by atoms with van der Waals surface area (Å²) in [5, 5.41) is 39.9. The van der Waals surface area contributed by atoms with Crippen LogP contribution in [0.25, 0.3) is 0 Å². The molecule has 85 heavy (non-hydrogen) atoms. The maximum atomic E-state index is 13.7. The fourth-order valence-corrected chi connectivity index (χ4v) is 10.2. The first-order valence-electron chi connectivity index (χ1n) is 29.9. The number of hydrogen-bond acceptors (Lipinski definition) is 20. The number of ether oxygens (including phenoxy) is 12. The summed E-state index contributed by atoms with van der Waals surface area (Å²) in [6.07, 6.45) is 11.6. The van der Waals surface area contributed by atoms with Crippen LogP contribution in [0, 0.1) is 11.8 Å². The van der Waals surface area contributed by atoms with Crippen molar-refractivity contribution in [1.82, 2.24) is 0 Å². The SMILES string of the molecule is C=C(C)[C@@H]1CCC(C)=C[C@H]1c1c(OC(=O)[C@@H](O)CO)cc(CCCC/C=C(/C)[C@@H]2CCC(C)=C[C@H]2c2c(OC(=O)COCCOCCOCCOC)cc(CCCCC)cc2OC(=O)COCCOCCOCCOC)cc1OC(=O)[C@@H](O)CO. The molecule has 0 heterocycles. The Morgan fingerprint density at radius 2 is 0.929 bits per heavy atom. The molecule has 0 amide bonds. The summed E-state index contributed by atoms with van der Waals surface area (Å²) in [4.78, 5) is 53.8. The molecule has 20 heteroatoms. The van der Waals surface area contributed by atoms with Gasteiger partial charge in [0.15, 0.2) is 12.2 Å². The van der Waals surface area contributed by atoms with Gasteiger partial charge in [0.25, 0.3) is 0 Å². The van der Waals surface area contributed by atoms with Gasteiger partial charge in [-0.15, -0.1) is 0 Å². The van der Waals surface area contributed by atoms with E-state index in [9.17, 15) is 39.6 Å². The van der Waals surface area contributed by atoms with Gasteiger partial charge >= 0.3 is 23.9 Å². The Morgan fingerprint density at radius 1 is 0.553 bits per heavy atom.